The molecule has 0 aromatic carbocycles. The molecule has 0 amide bonds. The molecule has 3 atom stereocenters. The molecule has 0 spiro atoms. The van der Waals surface area contributed by atoms with Gasteiger partial charge in [-0.05, 0) is 49.1 Å². The molecule has 0 bridgehead atoms. The van der Waals surface area contributed by atoms with Crippen LogP contribution in [0.5, 0.6) is 0 Å². The van der Waals surface area contributed by atoms with Gasteiger partial charge in [-0.3, -0.25) is 4.99 Å². The van der Waals surface area contributed by atoms with Crippen LogP contribution in [0, 0.1) is 17.3 Å². The summed E-state index contributed by atoms with van der Waals surface area (Å²) in [6.07, 6.45) is 8.46. The smallest absolute Gasteiger partial charge is 0.0606 e. The van der Waals surface area contributed by atoms with Gasteiger partial charge in [0.2, 0.25) is 0 Å². The van der Waals surface area contributed by atoms with Gasteiger partial charge in [-0.2, -0.15) is 0 Å². The van der Waals surface area contributed by atoms with Gasteiger partial charge in [0.1, 0.15) is 0 Å². The van der Waals surface area contributed by atoms with Crippen molar-refractivity contribution in [1.29, 1.82) is 0 Å². The summed E-state index contributed by atoms with van der Waals surface area (Å²) in [5.41, 5.74) is 0.302. The van der Waals surface area contributed by atoms with Crippen LogP contribution in [0.15, 0.2) is 4.99 Å². The van der Waals surface area contributed by atoms with Crippen molar-refractivity contribution in [3.63, 3.8) is 0 Å². The summed E-state index contributed by atoms with van der Waals surface area (Å²) in [5.74, 6) is 1.33. The Hall–Kier alpha value is -0.370. The van der Waals surface area contributed by atoms with Gasteiger partial charge in [0.15, 0.2) is 0 Å². The molecule has 0 aromatic rings. The first-order chi connectivity index (χ1) is 9.00. The summed E-state index contributed by atoms with van der Waals surface area (Å²) in [6.45, 7) is 13.3. The molecule has 0 aliphatic carbocycles. The lowest BCUT2D eigenvalue weighted by Crippen LogP contribution is -2.33. The summed E-state index contributed by atoms with van der Waals surface area (Å²) >= 11 is 0. The number of rotatable bonds is 7. The van der Waals surface area contributed by atoms with E-state index in [0.717, 1.165) is 19.6 Å². The van der Waals surface area contributed by atoms with Crippen molar-refractivity contribution in [3.05, 3.63) is 0 Å². The highest BCUT2D eigenvalue weighted by atomic mass is 16.5. The van der Waals surface area contributed by atoms with E-state index in [-0.39, 0.29) is 0 Å². The topological polar surface area (TPSA) is 21.6 Å². The zero-order valence-electron chi connectivity index (χ0n) is 13.6. The molecule has 2 nitrogen and oxygen atoms in total. The van der Waals surface area contributed by atoms with Gasteiger partial charge in [0, 0.05) is 6.54 Å². The highest BCUT2D eigenvalue weighted by molar-refractivity contribution is 5.57. The van der Waals surface area contributed by atoms with E-state index >= 15 is 0 Å². The number of nitrogens with zero attached hydrogens (tertiary/aromatic N) is 1. The zero-order chi connectivity index (χ0) is 14.3. The normalized spacial score (nSPS) is 26.2. The van der Waals surface area contributed by atoms with Gasteiger partial charge < -0.3 is 4.74 Å². The maximum atomic E-state index is 6.35. The van der Waals surface area contributed by atoms with Crippen molar-refractivity contribution in [1.82, 2.24) is 0 Å². The van der Waals surface area contributed by atoms with E-state index in [1.165, 1.54) is 25.7 Å². The van der Waals surface area contributed by atoms with Gasteiger partial charge in [-0.1, -0.05) is 41.0 Å². The summed E-state index contributed by atoms with van der Waals surface area (Å²) in [5, 5.41) is 0. The summed E-state index contributed by atoms with van der Waals surface area (Å²) in [6, 6.07) is 0. The van der Waals surface area contributed by atoms with Crippen LogP contribution in [0.1, 0.15) is 66.7 Å². The number of aliphatic imine (C=N–C) groups is 1. The Bertz CT molecular complexity index is 272. The predicted molar refractivity (Wildman–Crippen MR) is 84.0 cm³/mol. The lowest BCUT2D eigenvalue weighted by atomic mass is 9.83. The summed E-state index contributed by atoms with van der Waals surface area (Å²) in [4.78, 5) is 4.49. The fourth-order valence-electron chi connectivity index (χ4n) is 2.71. The van der Waals surface area contributed by atoms with E-state index in [1.54, 1.807) is 0 Å². The van der Waals surface area contributed by atoms with Gasteiger partial charge >= 0.3 is 0 Å². The van der Waals surface area contributed by atoms with E-state index in [1.807, 2.05) is 0 Å². The van der Waals surface area contributed by atoms with E-state index in [4.69, 9.17) is 4.74 Å². The molecule has 19 heavy (non-hydrogen) atoms. The van der Waals surface area contributed by atoms with E-state index in [2.05, 4.69) is 45.8 Å². The molecule has 0 saturated carbocycles. The first-order valence-corrected chi connectivity index (χ1v) is 8.10. The van der Waals surface area contributed by atoms with Crippen LogP contribution in [0.2, 0.25) is 0 Å². The molecular weight excluding hydrogens is 234 g/mol. The Labute approximate surface area is 120 Å². The average molecular weight is 267 g/mol. The van der Waals surface area contributed by atoms with Gasteiger partial charge in [0.05, 0.1) is 12.7 Å². The van der Waals surface area contributed by atoms with E-state index in [9.17, 15) is 0 Å². The second-order valence-electron chi connectivity index (χ2n) is 6.92. The molecule has 1 aliphatic rings. The second-order valence-corrected chi connectivity index (χ2v) is 6.92. The minimum absolute atomic E-state index is 0.302. The van der Waals surface area contributed by atoms with Crippen molar-refractivity contribution in [2.45, 2.75) is 72.8 Å². The third kappa shape index (κ3) is 5.64. The van der Waals surface area contributed by atoms with Crippen molar-refractivity contribution in [2.75, 3.05) is 13.2 Å². The molecule has 1 aliphatic heterocycles. The largest absolute Gasteiger partial charge is 0.377 e. The predicted octanol–water partition coefficient (Wildman–Crippen LogP) is 4.72. The number of hydrogen-bond acceptors (Lipinski definition) is 2. The molecule has 0 saturated heterocycles. The van der Waals surface area contributed by atoms with Crippen LogP contribution in [0.3, 0.4) is 0 Å². The highest BCUT2D eigenvalue weighted by Gasteiger charge is 2.29. The van der Waals surface area contributed by atoms with Gasteiger partial charge in [-0.25, -0.2) is 0 Å². The molecule has 1 heterocycles. The summed E-state index contributed by atoms with van der Waals surface area (Å²) < 4.78 is 6.35. The van der Waals surface area contributed by atoms with Crippen molar-refractivity contribution in [2.24, 2.45) is 22.2 Å². The fourth-order valence-corrected chi connectivity index (χ4v) is 2.71. The van der Waals surface area contributed by atoms with Crippen LogP contribution in [-0.2, 0) is 4.74 Å². The Kier molecular flexibility index (Phi) is 7.06. The Morgan fingerprint density at radius 2 is 2.11 bits per heavy atom. The summed E-state index contributed by atoms with van der Waals surface area (Å²) in [7, 11) is 0. The Balaban J connectivity index is 2.60. The molecule has 0 radical (unpaired) electrons. The molecule has 0 N–H and O–H groups in total. The van der Waals surface area contributed by atoms with Crippen molar-refractivity contribution >= 4 is 6.21 Å². The molecule has 0 fully saturated rings. The first-order valence-electron chi connectivity index (χ1n) is 8.10. The van der Waals surface area contributed by atoms with E-state index in [0.29, 0.717) is 23.4 Å². The number of ether oxygens (including phenoxy) is 1. The Morgan fingerprint density at radius 1 is 1.37 bits per heavy atom. The van der Waals surface area contributed by atoms with Crippen LogP contribution in [-0.4, -0.2) is 25.5 Å². The third-order valence-electron chi connectivity index (χ3n) is 4.58. The molecular formula is C17H33NO. The van der Waals surface area contributed by atoms with Gasteiger partial charge in [0.25, 0.3) is 0 Å². The van der Waals surface area contributed by atoms with Crippen LogP contribution in [0.25, 0.3) is 0 Å². The van der Waals surface area contributed by atoms with Gasteiger partial charge in [-0.15, -0.1) is 0 Å². The van der Waals surface area contributed by atoms with Crippen LogP contribution < -0.4 is 0 Å². The van der Waals surface area contributed by atoms with Crippen LogP contribution >= 0.6 is 0 Å². The minimum atomic E-state index is 0.302. The zero-order valence-corrected chi connectivity index (χ0v) is 13.6. The molecule has 3 unspecified atom stereocenters. The lowest BCUT2D eigenvalue weighted by Gasteiger charge is -2.33. The monoisotopic (exact) mass is 267 g/mol. The minimum Gasteiger partial charge on any atom is -0.377 e. The third-order valence-corrected chi connectivity index (χ3v) is 4.58. The standard InChI is InChI=1S/C17H33NO/c1-6-9-16(19-13-17(4,5)7-2)15-10-8-11-18-12-14(15)3/h11,14-16H,6-10,12-13H2,1-5H3. The quantitative estimate of drug-likeness (QED) is 0.653. The highest BCUT2D eigenvalue weighted by Crippen LogP contribution is 2.30. The van der Waals surface area contributed by atoms with Crippen LogP contribution in [0.4, 0.5) is 0 Å². The maximum absolute atomic E-state index is 6.35. The molecule has 1 rings (SSSR count). The maximum Gasteiger partial charge on any atom is 0.0606 e. The first kappa shape index (κ1) is 16.7. The molecule has 112 valence electrons. The molecule has 0 aromatic heterocycles. The lowest BCUT2D eigenvalue weighted by molar-refractivity contribution is -0.0455. The fraction of sp³-hybridized carbons (Fsp3) is 0.941. The second kappa shape index (κ2) is 8.04. The average Bonchev–Trinajstić information content (AvgIpc) is 2.59. The SMILES string of the molecule is CCCC(OCC(C)(C)CC)C1CCC=NCC1C. The van der Waals surface area contributed by atoms with Crippen molar-refractivity contribution in [3.8, 4) is 0 Å². The number of hydrogen-bond donors (Lipinski definition) is 0. The molecule has 2 heteroatoms. The van der Waals surface area contributed by atoms with Crippen molar-refractivity contribution < 1.29 is 4.74 Å². The van der Waals surface area contributed by atoms with E-state index < -0.39 is 0 Å². The Morgan fingerprint density at radius 3 is 2.74 bits per heavy atom.